The van der Waals surface area contributed by atoms with E-state index in [4.69, 9.17) is 4.98 Å². The Morgan fingerprint density at radius 2 is 1.48 bits per heavy atom. The van der Waals surface area contributed by atoms with Crippen molar-refractivity contribution in [2.24, 2.45) is 0 Å². The van der Waals surface area contributed by atoms with Crippen molar-refractivity contribution in [3.05, 3.63) is 109 Å². The van der Waals surface area contributed by atoms with Gasteiger partial charge in [0.15, 0.2) is 0 Å². The Balaban J connectivity index is 1.64. The Morgan fingerprint density at radius 1 is 0.788 bits per heavy atom. The van der Waals surface area contributed by atoms with Gasteiger partial charge in [0.25, 0.3) is 0 Å². The van der Waals surface area contributed by atoms with Crippen LogP contribution in [0.4, 0.5) is 20.4 Å². The highest BCUT2D eigenvalue weighted by Crippen LogP contribution is 2.33. The minimum Gasteiger partial charge on any atom is -0.324 e. The van der Waals surface area contributed by atoms with Crippen molar-refractivity contribution < 1.29 is 8.78 Å². The van der Waals surface area contributed by atoms with Crippen LogP contribution >= 0.6 is 0 Å². The molecule has 0 saturated heterocycles. The second-order valence-corrected chi connectivity index (χ2v) is 7.50. The molecule has 2 heterocycles. The number of aryl methyl sites for hydroxylation is 1. The number of nitrogens with one attached hydrogen (secondary N) is 1. The summed E-state index contributed by atoms with van der Waals surface area (Å²) in [4.78, 5) is 13.7. The predicted octanol–water partition coefficient (Wildman–Crippen LogP) is 6.33. The van der Waals surface area contributed by atoms with Gasteiger partial charge in [-0.3, -0.25) is 4.57 Å². The standard InChI is InChI=1S/C26H19F2N5/c1-17-4-2-3-5-22(17)31-26-29-15-14-23(32-26)25-24(18-6-8-19(27)9-7-18)30-16-33(25)21-12-10-20(28)11-13-21/h2-16H,1H3,(H,29,31,32). The fraction of sp³-hybridized carbons (Fsp3) is 0.0385. The van der Waals surface area contributed by atoms with Gasteiger partial charge in [0.1, 0.15) is 18.0 Å². The van der Waals surface area contributed by atoms with Crippen molar-refractivity contribution >= 4 is 11.6 Å². The summed E-state index contributed by atoms with van der Waals surface area (Å²) in [6.45, 7) is 2.00. The Kier molecular flexibility index (Phi) is 5.36. The van der Waals surface area contributed by atoms with Gasteiger partial charge < -0.3 is 5.32 Å². The molecule has 0 saturated carbocycles. The molecule has 0 amide bonds. The molecule has 0 aliphatic heterocycles. The minimum absolute atomic E-state index is 0.328. The summed E-state index contributed by atoms with van der Waals surface area (Å²) >= 11 is 0. The summed E-state index contributed by atoms with van der Waals surface area (Å²) in [5.74, 6) is -0.227. The highest BCUT2D eigenvalue weighted by molar-refractivity contribution is 5.78. The van der Waals surface area contributed by atoms with Gasteiger partial charge in [-0.15, -0.1) is 0 Å². The molecule has 0 fully saturated rings. The van der Waals surface area contributed by atoms with Crippen LogP contribution < -0.4 is 5.32 Å². The van der Waals surface area contributed by atoms with E-state index in [-0.39, 0.29) is 11.6 Å². The number of hydrogen-bond acceptors (Lipinski definition) is 4. The molecular formula is C26H19F2N5. The van der Waals surface area contributed by atoms with Crippen LogP contribution in [0.1, 0.15) is 5.56 Å². The first-order valence-corrected chi connectivity index (χ1v) is 10.3. The van der Waals surface area contributed by atoms with Crippen molar-refractivity contribution in [3.63, 3.8) is 0 Å². The molecule has 0 unspecified atom stereocenters. The van der Waals surface area contributed by atoms with Gasteiger partial charge in [0, 0.05) is 23.1 Å². The minimum atomic E-state index is -0.329. The predicted molar refractivity (Wildman–Crippen MR) is 124 cm³/mol. The Hall–Kier alpha value is -4.39. The molecule has 2 aromatic heterocycles. The van der Waals surface area contributed by atoms with Gasteiger partial charge in [-0.25, -0.2) is 23.7 Å². The van der Waals surface area contributed by atoms with Gasteiger partial charge in [-0.2, -0.15) is 0 Å². The molecule has 5 nitrogen and oxygen atoms in total. The summed E-state index contributed by atoms with van der Waals surface area (Å²) in [6.07, 6.45) is 3.32. The molecule has 0 aliphatic carbocycles. The maximum absolute atomic E-state index is 13.5. The maximum Gasteiger partial charge on any atom is 0.227 e. The summed E-state index contributed by atoms with van der Waals surface area (Å²) in [7, 11) is 0. The van der Waals surface area contributed by atoms with Crippen molar-refractivity contribution in [2.75, 3.05) is 5.32 Å². The van der Waals surface area contributed by atoms with Crippen LogP contribution in [0.25, 0.3) is 28.3 Å². The van der Waals surface area contributed by atoms with E-state index in [2.05, 4.69) is 15.3 Å². The van der Waals surface area contributed by atoms with Gasteiger partial charge in [-0.05, 0) is 73.2 Å². The fourth-order valence-electron chi connectivity index (χ4n) is 3.59. The zero-order valence-electron chi connectivity index (χ0n) is 17.7. The first-order chi connectivity index (χ1) is 16.1. The molecule has 0 radical (unpaired) electrons. The summed E-state index contributed by atoms with van der Waals surface area (Å²) in [6, 6.07) is 21.9. The summed E-state index contributed by atoms with van der Waals surface area (Å²) in [5, 5.41) is 3.26. The molecule has 33 heavy (non-hydrogen) atoms. The van der Waals surface area contributed by atoms with E-state index in [1.54, 1.807) is 42.9 Å². The molecule has 162 valence electrons. The average molecular weight is 439 g/mol. The number of benzene rings is 3. The third kappa shape index (κ3) is 4.21. The van der Waals surface area contributed by atoms with Crippen LogP contribution in [0.5, 0.6) is 0 Å². The Bertz CT molecular complexity index is 1350. The third-order valence-corrected chi connectivity index (χ3v) is 5.28. The smallest absolute Gasteiger partial charge is 0.227 e. The molecule has 3 aromatic carbocycles. The fourth-order valence-corrected chi connectivity index (χ4v) is 3.59. The quantitative estimate of drug-likeness (QED) is 0.348. The Labute approximate surface area is 189 Å². The van der Waals surface area contributed by atoms with Crippen LogP contribution in [-0.2, 0) is 0 Å². The van der Waals surface area contributed by atoms with Crippen LogP contribution in [-0.4, -0.2) is 19.5 Å². The van der Waals surface area contributed by atoms with Crippen LogP contribution in [0, 0.1) is 18.6 Å². The number of para-hydroxylation sites is 1. The Morgan fingerprint density at radius 3 is 2.21 bits per heavy atom. The van der Waals surface area contributed by atoms with Gasteiger partial charge in [0.05, 0.1) is 17.1 Å². The molecule has 0 aliphatic rings. The molecule has 7 heteroatoms. The second-order valence-electron chi connectivity index (χ2n) is 7.50. The van der Waals surface area contributed by atoms with E-state index in [0.717, 1.165) is 22.5 Å². The van der Waals surface area contributed by atoms with Crippen LogP contribution in [0.15, 0.2) is 91.4 Å². The highest BCUT2D eigenvalue weighted by Gasteiger charge is 2.18. The SMILES string of the molecule is Cc1ccccc1Nc1nccc(-c2c(-c3ccc(F)cc3)ncn2-c2ccc(F)cc2)n1. The van der Waals surface area contributed by atoms with Gasteiger partial charge >= 0.3 is 0 Å². The number of aromatic nitrogens is 4. The van der Waals surface area contributed by atoms with Crippen LogP contribution in [0.2, 0.25) is 0 Å². The number of rotatable bonds is 5. The summed E-state index contributed by atoms with van der Waals surface area (Å²) in [5.41, 5.74) is 5.35. The lowest BCUT2D eigenvalue weighted by atomic mass is 10.1. The molecule has 1 N–H and O–H groups in total. The van der Waals surface area contributed by atoms with Gasteiger partial charge in [-0.1, -0.05) is 18.2 Å². The maximum atomic E-state index is 13.5. The number of hydrogen-bond donors (Lipinski definition) is 1. The van der Waals surface area contributed by atoms with Crippen molar-refractivity contribution in [2.45, 2.75) is 6.92 Å². The topological polar surface area (TPSA) is 55.6 Å². The number of halogens is 2. The van der Waals surface area contributed by atoms with E-state index < -0.39 is 0 Å². The number of anilines is 2. The zero-order valence-corrected chi connectivity index (χ0v) is 17.7. The second kappa shape index (κ2) is 8.63. The average Bonchev–Trinajstić information content (AvgIpc) is 3.27. The van der Waals surface area contributed by atoms with E-state index in [0.29, 0.717) is 23.0 Å². The molecule has 5 aromatic rings. The van der Waals surface area contributed by atoms with E-state index in [1.165, 1.54) is 24.3 Å². The molecule has 5 rings (SSSR count). The molecule has 0 bridgehead atoms. The largest absolute Gasteiger partial charge is 0.324 e. The molecule has 0 spiro atoms. The number of imidazole rings is 1. The van der Waals surface area contributed by atoms with E-state index >= 15 is 0 Å². The van der Waals surface area contributed by atoms with Gasteiger partial charge in [0.2, 0.25) is 5.95 Å². The molecule has 0 atom stereocenters. The number of nitrogens with zero attached hydrogens (tertiary/aromatic N) is 4. The van der Waals surface area contributed by atoms with Crippen molar-refractivity contribution in [3.8, 4) is 28.3 Å². The van der Waals surface area contributed by atoms with E-state index in [1.807, 2.05) is 35.8 Å². The lowest BCUT2D eigenvalue weighted by Gasteiger charge is -2.12. The lowest BCUT2D eigenvalue weighted by molar-refractivity contribution is 0.627. The van der Waals surface area contributed by atoms with Crippen molar-refractivity contribution in [1.29, 1.82) is 0 Å². The van der Waals surface area contributed by atoms with Crippen molar-refractivity contribution in [1.82, 2.24) is 19.5 Å². The summed E-state index contributed by atoms with van der Waals surface area (Å²) < 4.78 is 28.9. The monoisotopic (exact) mass is 439 g/mol. The normalized spacial score (nSPS) is 10.9. The lowest BCUT2D eigenvalue weighted by Crippen LogP contribution is -2.02. The first-order valence-electron chi connectivity index (χ1n) is 10.3. The van der Waals surface area contributed by atoms with Crippen LogP contribution in [0.3, 0.4) is 0 Å². The molecular weight excluding hydrogens is 420 g/mol. The first kappa shape index (κ1) is 20.5. The van der Waals surface area contributed by atoms with E-state index in [9.17, 15) is 8.78 Å². The zero-order chi connectivity index (χ0) is 22.8. The highest BCUT2D eigenvalue weighted by atomic mass is 19.1. The third-order valence-electron chi connectivity index (χ3n) is 5.28.